The second-order valence-corrected chi connectivity index (χ2v) is 2.12. The van der Waals surface area contributed by atoms with Crippen LogP contribution in [0.4, 0.5) is 0 Å². The van der Waals surface area contributed by atoms with Crippen molar-refractivity contribution in [2.24, 2.45) is 0 Å². The molecule has 0 rings (SSSR count). The standard InChI is InChI=1S/C3H9P.3CH4/c1-3-4-2;;;/h4H,3H2,1-2H3;3*1H4. The minimum Gasteiger partial charge on any atom is -0.126 e. The van der Waals surface area contributed by atoms with Gasteiger partial charge in [0.25, 0.3) is 0 Å². The Kier molecular flexibility index (Phi) is 120. The Morgan fingerprint density at radius 3 is 1.29 bits per heavy atom. The maximum atomic E-state index is 2.21. The van der Waals surface area contributed by atoms with Crippen molar-refractivity contribution in [1.29, 1.82) is 0 Å². The Bertz CT molecular complexity index is 6.14. The normalized spacial score (nSPS) is 6.00. The van der Waals surface area contributed by atoms with Crippen LogP contribution in [0.2, 0.25) is 0 Å². The first-order valence-electron chi connectivity index (χ1n) is 1.56. The van der Waals surface area contributed by atoms with E-state index in [1.807, 2.05) is 0 Å². The highest BCUT2D eigenvalue weighted by Crippen LogP contribution is 1.95. The Morgan fingerprint density at radius 1 is 1.14 bits per heavy atom. The zero-order chi connectivity index (χ0) is 3.41. The van der Waals surface area contributed by atoms with Crippen LogP contribution in [-0.4, -0.2) is 12.8 Å². The Hall–Kier alpha value is 0.430. The van der Waals surface area contributed by atoms with E-state index >= 15 is 0 Å². The highest BCUT2D eigenvalue weighted by molar-refractivity contribution is 7.36. The van der Waals surface area contributed by atoms with Gasteiger partial charge < -0.3 is 0 Å². The van der Waals surface area contributed by atoms with Crippen LogP contribution >= 0.6 is 8.58 Å². The lowest BCUT2D eigenvalue weighted by Gasteiger charge is -1.69. The molecule has 1 atom stereocenters. The summed E-state index contributed by atoms with van der Waals surface area (Å²) < 4.78 is 0. The molecule has 0 fully saturated rings. The van der Waals surface area contributed by atoms with Crippen molar-refractivity contribution in [1.82, 2.24) is 0 Å². The van der Waals surface area contributed by atoms with Gasteiger partial charge in [-0.2, -0.15) is 0 Å². The molecule has 0 saturated carbocycles. The maximum absolute atomic E-state index is 2.21. The van der Waals surface area contributed by atoms with Crippen LogP contribution in [0.3, 0.4) is 0 Å². The Morgan fingerprint density at radius 2 is 1.29 bits per heavy atom. The van der Waals surface area contributed by atoms with Gasteiger partial charge in [-0.05, 0) is 12.8 Å². The summed E-state index contributed by atoms with van der Waals surface area (Å²) in [6.07, 6.45) is 1.35. The van der Waals surface area contributed by atoms with Crippen LogP contribution in [0.25, 0.3) is 0 Å². The van der Waals surface area contributed by atoms with Gasteiger partial charge in [0.15, 0.2) is 0 Å². The van der Waals surface area contributed by atoms with Crippen molar-refractivity contribution in [2.45, 2.75) is 29.2 Å². The fraction of sp³-hybridized carbons (Fsp3) is 1.00. The molecular formula is C6H21P. The molecule has 1 heteroatoms. The van der Waals surface area contributed by atoms with E-state index in [0.29, 0.717) is 0 Å². The summed E-state index contributed by atoms with van der Waals surface area (Å²) in [5, 5.41) is 0. The molecule has 0 amide bonds. The summed E-state index contributed by atoms with van der Waals surface area (Å²) >= 11 is 0. The van der Waals surface area contributed by atoms with E-state index in [9.17, 15) is 0 Å². The summed E-state index contributed by atoms with van der Waals surface area (Å²) in [5.74, 6) is 0. The molecule has 50 valence electrons. The van der Waals surface area contributed by atoms with Crippen molar-refractivity contribution >= 4 is 8.58 Å². The first kappa shape index (κ1) is 26.1. The van der Waals surface area contributed by atoms with Crippen LogP contribution in [0, 0.1) is 0 Å². The number of hydrogen-bond acceptors (Lipinski definition) is 0. The fourth-order valence-corrected chi connectivity index (χ4v) is 0. The van der Waals surface area contributed by atoms with Gasteiger partial charge in [-0.1, -0.05) is 29.2 Å². The van der Waals surface area contributed by atoms with Gasteiger partial charge >= 0.3 is 0 Å². The van der Waals surface area contributed by atoms with Crippen LogP contribution < -0.4 is 0 Å². The minimum atomic E-state index is 0. The second-order valence-electron chi connectivity index (χ2n) is 0.707. The SMILES string of the molecule is C.C.C.CCPC. The van der Waals surface area contributed by atoms with Crippen LogP contribution in [0.1, 0.15) is 29.2 Å². The third kappa shape index (κ3) is 61.7. The van der Waals surface area contributed by atoms with Gasteiger partial charge in [0.1, 0.15) is 0 Å². The lowest BCUT2D eigenvalue weighted by atomic mass is 11.0. The molecule has 0 saturated heterocycles. The molecule has 0 aliphatic carbocycles. The molecule has 7 heavy (non-hydrogen) atoms. The van der Waals surface area contributed by atoms with Crippen molar-refractivity contribution < 1.29 is 0 Å². The molecule has 1 unspecified atom stereocenters. The van der Waals surface area contributed by atoms with E-state index in [1.165, 1.54) is 6.16 Å². The van der Waals surface area contributed by atoms with Crippen molar-refractivity contribution in [2.75, 3.05) is 12.8 Å². The lowest BCUT2D eigenvalue weighted by molar-refractivity contribution is 1.52. The van der Waals surface area contributed by atoms with Gasteiger partial charge in [0.2, 0.25) is 0 Å². The van der Waals surface area contributed by atoms with E-state index in [0.717, 1.165) is 8.58 Å². The van der Waals surface area contributed by atoms with Gasteiger partial charge in [0.05, 0.1) is 0 Å². The molecule has 0 aromatic rings. The molecule has 0 bridgehead atoms. The summed E-state index contributed by atoms with van der Waals surface area (Å²) in [5.41, 5.74) is 0. The zero-order valence-corrected chi connectivity index (χ0v) is 4.21. The monoisotopic (exact) mass is 124 g/mol. The first-order chi connectivity index (χ1) is 1.91. The predicted octanol–water partition coefficient (Wildman–Crippen LogP) is 3.22. The summed E-state index contributed by atoms with van der Waals surface area (Å²) in [6.45, 7) is 4.40. The molecule has 0 heterocycles. The molecule has 0 aromatic carbocycles. The highest BCUT2D eigenvalue weighted by atomic mass is 31.1. The van der Waals surface area contributed by atoms with Gasteiger partial charge in [-0.15, -0.1) is 8.58 Å². The molecule has 0 aliphatic rings. The predicted molar refractivity (Wildman–Crippen MR) is 45.0 cm³/mol. The Labute approximate surface area is 51.5 Å². The topological polar surface area (TPSA) is 0 Å². The Balaban J connectivity index is -0.0000000150. The van der Waals surface area contributed by atoms with Crippen LogP contribution in [-0.2, 0) is 0 Å². The number of rotatable bonds is 1. The van der Waals surface area contributed by atoms with Gasteiger partial charge in [-0.3, -0.25) is 0 Å². The third-order valence-corrected chi connectivity index (χ3v) is 1.06. The molecule has 0 aromatic heterocycles. The molecule has 0 aliphatic heterocycles. The van der Waals surface area contributed by atoms with Crippen molar-refractivity contribution in [3.8, 4) is 0 Å². The van der Waals surface area contributed by atoms with Gasteiger partial charge in [0, 0.05) is 0 Å². The molecule has 0 radical (unpaired) electrons. The number of hydrogen-bond donors (Lipinski definition) is 0. The average Bonchev–Trinajstić information content (AvgIpc) is 1.37. The summed E-state index contributed by atoms with van der Waals surface area (Å²) in [4.78, 5) is 0. The van der Waals surface area contributed by atoms with E-state index in [2.05, 4.69) is 13.6 Å². The van der Waals surface area contributed by atoms with Crippen LogP contribution in [0.5, 0.6) is 0 Å². The quantitative estimate of drug-likeness (QED) is 0.471. The summed E-state index contributed by atoms with van der Waals surface area (Å²) in [6, 6.07) is 0. The average molecular weight is 124 g/mol. The van der Waals surface area contributed by atoms with Gasteiger partial charge in [-0.25, -0.2) is 0 Å². The smallest absolute Gasteiger partial charge is 0.0385 e. The largest absolute Gasteiger partial charge is 0.126 e. The van der Waals surface area contributed by atoms with E-state index < -0.39 is 0 Å². The second kappa shape index (κ2) is 32.1. The fourth-order valence-electron chi connectivity index (χ4n) is 0. The molecule has 0 N–H and O–H groups in total. The minimum absolute atomic E-state index is 0. The summed E-state index contributed by atoms with van der Waals surface area (Å²) in [7, 11) is 1.14. The maximum Gasteiger partial charge on any atom is -0.0385 e. The zero-order valence-electron chi connectivity index (χ0n) is 3.21. The van der Waals surface area contributed by atoms with E-state index in [1.54, 1.807) is 0 Å². The third-order valence-electron chi connectivity index (χ3n) is 0.354. The molecule has 0 spiro atoms. The van der Waals surface area contributed by atoms with Crippen LogP contribution in [0.15, 0.2) is 0 Å². The molecule has 0 nitrogen and oxygen atoms in total. The highest BCUT2D eigenvalue weighted by Gasteiger charge is 1.55. The van der Waals surface area contributed by atoms with Crippen molar-refractivity contribution in [3.63, 3.8) is 0 Å². The van der Waals surface area contributed by atoms with E-state index in [-0.39, 0.29) is 22.3 Å². The van der Waals surface area contributed by atoms with E-state index in [4.69, 9.17) is 0 Å². The lowest BCUT2D eigenvalue weighted by Crippen LogP contribution is -1.47. The molecular weight excluding hydrogens is 103 g/mol. The van der Waals surface area contributed by atoms with Crippen molar-refractivity contribution in [3.05, 3.63) is 0 Å². The first-order valence-corrected chi connectivity index (χ1v) is 3.27.